The van der Waals surface area contributed by atoms with Crippen molar-refractivity contribution in [2.45, 2.75) is 0 Å². The molecule has 0 unspecified atom stereocenters. The minimum atomic E-state index is -1.13. The Balaban J connectivity index is 3.21. The summed E-state index contributed by atoms with van der Waals surface area (Å²) in [6.07, 6.45) is 1.33. The van der Waals surface area contributed by atoms with Gasteiger partial charge in [0.25, 0.3) is 0 Å². The number of nitrogens with zero attached hydrogens (tertiary/aromatic N) is 1. The Morgan fingerprint density at radius 2 is 1.67 bits per heavy atom. The Bertz CT molecular complexity index is 320. The topological polar surface area (TPSA) is 35.8 Å². The molecule has 1 N–H and O–H groups in total. The summed E-state index contributed by atoms with van der Waals surface area (Å²) in [6.45, 7) is 0. The fourth-order valence-electron chi connectivity index (χ4n) is 0.718. The van der Waals surface area contributed by atoms with Crippen LogP contribution in [0.25, 0.3) is 0 Å². The molecule has 0 aliphatic heterocycles. The molecule has 0 fully saturated rings. The molecule has 0 atom stereocenters. The molecular weight excluding hydrogens is 169 g/mol. The molecule has 0 aliphatic carbocycles. The smallest absolute Gasteiger partial charge is 0.181 e. The van der Waals surface area contributed by atoms with Crippen molar-refractivity contribution in [1.82, 2.24) is 0 Å². The first-order chi connectivity index (χ1) is 5.65. The zero-order valence-electron chi connectivity index (χ0n) is 5.74. The van der Waals surface area contributed by atoms with Crippen LogP contribution in [0.2, 0.25) is 0 Å². The van der Waals surface area contributed by atoms with Crippen LogP contribution in [0.4, 0.5) is 18.9 Å². The van der Waals surface area contributed by atoms with E-state index >= 15 is 0 Å². The van der Waals surface area contributed by atoms with Crippen LogP contribution in [0.5, 0.6) is 0 Å². The molecule has 2 nitrogen and oxygen atoms in total. The lowest BCUT2D eigenvalue weighted by atomic mass is 10.3. The van der Waals surface area contributed by atoms with Crippen LogP contribution < -0.4 is 5.32 Å². The summed E-state index contributed by atoms with van der Waals surface area (Å²) in [5, 5.41) is 9.81. The SMILES string of the molecule is N#CNc1c(F)cc(F)cc1F. The second-order valence-electron chi connectivity index (χ2n) is 1.98. The second-order valence-corrected chi connectivity index (χ2v) is 1.98. The zero-order valence-corrected chi connectivity index (χ0v) is 5.74. The molecule has 0 saturated carbocycles. The van der Waals surface area contributed by atoms with Gasteiger partial charge in [-0.05, 0) is 0 Å². The highest BCUT2D eigenvalue weighted by Gasteiger charge is 2.09. The van der Waals surface area contributed by atoms with Crippen molar-refractivity contribution in [2.75, 3.05) is 5.32 Å². The third-order valence-electron chi connectivity index (χ3n) is 1.19. The number of hydrogen-bond acceptors (Lipinski definition) is 2. The number of hydrogen-bond donors (Lipinski definition) is 1. The van der Waals surface area contributed by atoms with E-state index in [2.05, 4.69) is 0 Å². The predicted molar refractivity (Wildman–Crippen MR) is 35.6 cm³/mol. The van der Waals surface area contributed by atoms with Crippen LogP contribution in [0.3, 0.4) is 0 Å². The van der Waals surface area contributed by atoms with E-state index in [1.165, 1.54) is 6.19 Å². The molecule has 1 rings (SSSR count). The van der Waals surface area contributed by atoms with Crippen LogP contribution in [0.1, 0.15) is 0 Å². The van der Waals surface area contributed by atoms with Gasteiger partial charge in [0.15, 0.2) is 17.8 Å². The summed E-state index contributed by atoms with van der Waals surface area (Å²) in [5.41, 5.74) is -0.640. The Morgan fingerprint density at radius 1 is 1.17 bits per heavy atom. The minimum absolute atomic E-state index is 0.489. The first kappa shape index (κ1) is 8.40. The molecule has 62 valence electrons. The summed E-state index contributed by atoms with van der Waals surface area (Å²) in [6, 6.07) is 0.978. The van der Waals surface area contributed by atoms with Gasteiger partial charge in [-0.25, -0.2) is 13.2 Å². The van der Waals surface area contributed by atoms with Gasteiger partial charge in [-0.3, -0.25) is 5.32 Å². The number of halogens is 3. The van der Waals surface area contributed by atoms with E-state index in [0.717, 1.165) is 0 Å². The molecule has 12 heavy (non-hydrogen) atoms. The maximum absolute atomic E-state index is 12.6. The van der Waals surface area contributed by atoms with Crippen LogP contribution in [-0.2, 0) is 0 Å². The highest BCUT2D eigenvalue weighted by atomic mass is 19.1. The predicted octanol–water partition coefficient (Wildman–Crippen LogP) is 2.00. The normalized spacial score (nSPS) is 9.17. The van der Waals surface area contributed by atoms with Crippen molar-refractivity contribution >= 4 is 5.69 Å². The summed E-state index contributed by atoms with van der Waals surface area (Å²) in [4.78, 5) is 0. The average Bonchev–Trinajstić information content (AvgIpc) is 1.96. The molecule has 0 aliphatic rings. The Morgan fingerprint density at radius 3 is 2.08 bits per heavy atom. The van der Waals surface area contributed by atoms with Gasteiger partial charge in [-0.1, -0.05) is 0 Å². The maximum atomic E-state index is 12.6. The molecule has 0 bridgehead atoms. The highest BCUT2D eigenvalue weighted by molar-refractivity contribution is 5.49. The van der Waals surface area contributed by atoms with E-state index in [0.29, 0.717) is 12.1 Å². The van der Waals surface area contributed by atoms with Crippen molar-refractivity contribution < 1.29 is 13.2 Å². The second kappa shape index (κ2) is 3.13. The average molecular weight is 172 g/mol. The first-order valence-electron chi connectivity index (χ1n) is 2.95. The zero-order chi connectivity index (χ0) is 9.14. The first-order valence-corrected chi connectivity index (χ1v) is 2.95. The third-order valence-corrected chi connectivity index (χ3v) is 1.19. The lowest BCUT2D eigenvalue weighted by Crippen LogP contribution is -1.97. The number of rotatable bonds is 1. The molecule has 0 amide bonds. The summed E-state index contributed by atoms with van der Waals surface area (Å²) < 4.78 is 37.5. The molecule has 1 aromatic carbocycles. The fraction of sp³-hybridized carbons (Fsp3) is 0. The van der Waals surface area contributed by atoms with Gasteiger partial charge in [-0.15, -0.1) is 0 Å². The lowest BCUT2D eigenvalue weighted by Gasteiger charge is -2.00. The molecule has 1 aromatic rings. The number of nitriles is 1. The van der Waals surface area contributed by atoms with Gasteiger partial charge < -0.3 is 0 Å². The fourth-order valence-corrected chi connectivity index (χ4v) is 0.718. The number of benzene rings is 1. The van der Waals surface area contributed by atoms with E-state index in [-0.39, 0.29) is 0 Å². The van der Waals surface area contributed by atoms with Gasteiger partial charge in [-0.2, -0.15) is 5.26 Å². The van der Waals surface area contributed by atoms with Crippen molar-refractivity contribution in [1.29, 1.82) is 5.26 Å². The van der Waals surface area contributed by atoms with E-state index in [9.17, 15) is 13.2 Å². The van der Waals surface area contributed by atoms with Crippen LogP contribution in [0.15, 0.2) is 12.1 Å². The van der Waals surface area contributed by atoms with Crippen LogP contribution in [0, 0.1) is 28.9 Å². The highest BCUT2D eigenvalue weighted by Crippen LogP contribution is 2.19. The van der Waals surface area contributed by atoms with Crippen molar-refractivity contribution in [3.8, 4) is 6.19 Å². The van der Waals surface area contributed by atoms with Gasteiger partial charge >= 0.3 is 0 Å². The Labute approximate surface area is 66.2 Å². The summed E-state index contributed by atoms with van der Waals surface area (Å²) in [7, 11) is 0. The number of nitrogens with one attached hydrogen (secondary N) is 1. The van der Waals surface area contributed by atoms with Gasteiger partial charge in [0.1, 0.15) is 11.5 Å². The molecule has 5 heteroatoms. The van der Waals surface area contributed by atoms with E-state index in [4.69, 9.17) is 5.26 Å². The van der Waals surface area contributed by atoms with E-state index in [1.54, 1.807) is 5.32 Å². The lowest BCUT2D eigenvalue weighted by molar-refractivity contribution is 0.549. The molecule has 0 saturated heterocycles. The van der Waals surface area contributed by atoms with Crippen molar-refractivity contribution in [3.05, 3.63) is 29.6 Å². The van der Waals surface area contributed by atoms with Crippen molar-refractivity contribution in [2.24, 2.45) is 0 Å². The van der Waals surface area contributed by atoms with Crippen LogP contribution in [-0.4, -0.2) is 0 Å². The van der Waals surface area contributed by atoms with Gasteiger partial charge in [0.2, 0.25) is 0 Å². The Hall–Kier alpha value is -1.70. The quantitative estimate of drug-likeness (QED) is 0.519. The maximum Gasteiger partial charge on any atom is 0.181 e. The van der Waals surface area contributed by atoms with Gasteiger partial charge in [0, 0.05) is 12.1 Å². The monoisotopic (exact) mass is 172 g/mol. The number of anilines is 1. The molecule has 0 aromatic heterocycles. The molecule has 0 radical (unpaired) electrons. The summed E-state index contributed by atoms with van der Waals surface area (Å²) in [5.74, 6) is -3.28. The largest absolute Gasteiger partial charge is 0.287 e. The Kier molecular flexibility index (Phi) is 2.19. The van der Waals surface area contributed by atoms with Crippen LogP contribution >= 0.6 is 0 Å². The molecular formula is C7H3F3N2. The third kappa shape index (κ3) is 1.48. The minimum Gasteiger partial charge on any atom is -0.287 e. The van der Waals surface area contributed by atoms with Crippen molar-refractivity contribution in [3.63, 3.8) is 0 Å². The molecule has 0 heterocycles. The molecule has 0 spiro atoms. The standard InChI is InChI=1S/C7H3F3N2/c8-4-1-5(9)7(12-3-11)6(10)2-4/h1-2,12H. The van der Waals surface area contributed by atoms with Gasteiger partial charge in [0.05, 0.1) is 0 Å². The summed E-state index contributed by atoms with van der Waals surface area (Å²) >= 11 is 0. The van der Waals surface area contributed by atoms with E-state index < -0.39 is 23.1 Å². The van der Waals surface area contributed by atoms with E-state index in [1.807, 2.05) is 0 Å².